The summed E-state index contributed by atoms with van der Waals surface area (Å²) in [5, 5.41) is 15.2. The van der Waals surface area contributed by atoms with E-state index in [1.54, 1.807) is 0 Å². The number of nitro groups is 1. The van der Waals surface area contributed by atoms with Gasteiger partial charge in [0.25, 0.3) is 12.1 Å². The maximum absolute atomic E-state index is 13.5. The Balaban J connectivity index is 3.40. The fraction of sp³-hybridized carbons (Fsp3) is 0.250. The lowest BCUT2D eigenvalue weighted by molar-refractivity contribution is -0.385. The number of non-ortho nitro benzene ring substituents is 1. The normalized spacial score (nSPS) is 11.6. The van der Waals surface area contributed by atoms with Crippen molar-refractivity contribution < 1.29 is 31.2 Å². The van der Waals surface area contributed by atoms with Crippen molar-refractivity contribution in [3.05, 3.63) is 28.1 Å². The average molecular weight is 300 g/mol. The van der Waals surface area contributed by atoms with Crippen molar-refractivity contribution in [3.63, 3.8) is 0 Å². The Morgan fingerprint density at radius 1 is 1.42 bits per heavy atom. The standard InChI is InChI=1S/C8H7F3N2O5S/c9-5-1-4(13(14)15)2-6(19(12,16)17)8(5)18-3-7(10)11/h1-2,7H,3H2,(H2,12,16,17). The highest BCUT2D eigenvalue weighted by Gasteiger charge is 2.25. The summed E-state index contributed by atoms with van der Waals surface area (Å²) in [4.78, 5) is 8.32. The molecular formula is C8H7F3N2O5S. The topological polar surface area (TPSA) is 113 Å². The van der Waals surface area contributed by atoms with E-state index in [-0.39, 0.29) is 0 Å². The molecule has 0 bridgehead atoms. The van der Waals surface area contributed by atoms with Gasteiger partial charge in [-0.1, -0.05) is 0 Å². The number of nitrogens with two attached hydrogens (primary N) is 1. The van der Waals surface area contributed by atoms with E-state index >= 15 is 0 Å². The molecule has 1 aromatic rings. The maximum Gasteiger partial charge on any atom is 0.274 e. The minimum absolute atomic E-state index is 0.343. The Labute approximate surface area is 105 Å². The van der Waals surface area contributed by atoms with Crippen LogP contribution in [-0.2, 0) is 10.0 Å². The molecule has 19 heavy (non-hydrogen) atoms. The molecule has 2 N–H and O–H groups in total. The van der Waals surface area contributed by atoms with Crippen LogP contribution in [0.2, 0.25) is 0 Å². The minimum Gasteiger partial charge on any atom is -0.483 e. The van der Waals surface area contributed by atoms with E-state index in [4.69, 9.17) is 5.14 Å². The van der Waals surface area contributed by atoms with Crippen molar-refractivity contribution in [1.29, 1.82) is 0 Å². The number of nitrogens with zero attached hydrogens (tertiary/aromatic N) is 1. The third-order valence-electron chi connectivity index (χ3n) is 1.87. The highest BCUT2D eigenvalue weighted by molar-refractivity contribution is 7.89. The van der Waals surface area contributed by atoms with Crippen LogP contribution >= 0.6 is 0 Å². The SMILES string of the molecule is NS(=O)(=O)c1cc([N+](=O)[O-])cc(F)c1OCC(F)F. The van der Waals surface area contributed by atoms with Gasteiger partial charge in [-0.2, -0.15) is 0 Å². The van der Waals surface area contributed by atoms with Gasteiger partial charge in [-0.3, -0.25) is 10.1 Å². The fourth-order valence-corrected chi connectivity index (χ4v) is 1.86. The monoisotopic (exact) mass is 300 g/mol. The first kappa shape index (κ1) is 15.2. The zero-order chi connectivity index (χ0) is 14.8. The number of benzene rings is 1. The second-order valence-electron chi connectivity index (χ2n) is 3.26. The molecule has 0 saturated heterocycles. The molecule has 0 aromatic heterocycles. The second kappa shape index (κ2) is 5.40. The predicted octanol–water partition coefficient (Wildman–Crippen LogP) is 1.03. The summed E-state index contributed by atoms with van der Waals surface area (Å²) in [7, 11) is -4.57. The first-order chi connectivity index (χ1) is 8.62. The Bertz CT molecular complexity index is 605. The Morgan fingerprint density at radius 3 is 2.42 bits per heavy atom. The summed E-state index contributed by atoms with van der Waals surface area (Å²) >= 11 is 0. The van der Waals surface area contributed by atoms with Gasteiger partial charge in [0.2, 0.25) is 10.0 Å². The lowest BCUT2D eigenvalue weighted by Crippen LogP contribution is -2.17. The van der Waals surface area contributed by atoms with Crippen molar-refractivity contribution >= 4 is 15.7 Å². The van der Waals surface area contributed by atoms with E-state index in [0.717, 1.165) is 0 Å². The van der Waals surface area contributed by atoms with Gasteiger partial charge < -0.3 is 4.74 Å². The van der Waals surface area contributed by atoms with Gasteiger partial charge in [-0.05, 0) is 0 Å². The molecule has 7 nitrogen and oxygen atoms in total. The first-order valence-electron chi connectivity index (χ1n) is 4.54. The van der Waals surface area contributed by atoms with Crippen LogP contribution in [0.1, 0.15) is 0 Å². The lowest BCUT2D eigenvalue weighted by atomic mass is 10.3. The summed E-state index contributed by atoms with van der Waals surface area (Å²) in [6, 6.07) is 0.773. The van der Waals surface area contributed by atoms with E-state index in [1.165, 1.54) is 0 Å². The number of alkyl halides is 2. The molecular weight excluding hydrogens is 293 g/mol. The number of rotatable bonds is 5. The lowest BCUT2D eigenvalue weighted by Gasteiger charge is -2.10. The van der Waals surface area contributed by atoms with Gasteiger partial charge in [0.05, 0.1) is 11.0 Å². The third-order valence-corrected chi connectivity index (χ3v) is 2.78. The van der Waals surface area contributed by atoms with Gasteiger partial charge in [0.1, 0.15) is 11.5 Å². The van der Waals surface area contributed by atoms with Crippen LogP contribution in [0, 0.1) is 15.9 Å². The first-order valence-corrected chi connectivity index (χ1v) is 6.09. The van der Waals surface area contributed by atoms with E-state index in [9.17, 15) is 31.7 Å². The number of halogens is 3. The van der Waals surface area contributed by atoms with Crippen LogP contribution in [0.4, 0.5) is 18.9 Å². The van der Waals surface area contributed by atoms with Gasteiger partial charge in [-0.25, -0.2) is 26.7 Å². The van der Waals surface area contributed by atoms with Crippen LogP contribution in [0.15, 0.2) is 17.0 Å². The van der Waals surface area contributed by atoms with E-state index in [0.29, 0.717) is 12.1 Å². The van der Waals surface area contributed by atoms with Crippen LogP contribution in [0.5, 0.6) is 5.75 Å². The van der Waals surface area contributed by atoms with Crippen molar-refractivity contribution in [2.24, 2.45) is 5.14 Å². The van der Waals surface area contributed by atoms with Gasteiger partial charge >= 0.3 is 0 Å². The summed E-state index contributed by atoms with van der Waals surface area (Å²) in [6.45, 7) is -1.28. The molecule has 1 aromatic carbocycles. The highest BCUT2D eigenvalue weighted by atomic mass is 32.2. The van der Waals surface area contributed by atoms with Gasteiger partial charge in [0, 0.05) is 6.07 Å². The van der Waals surface area contributed by atoms with Crippen molar-refractivity contribution in [1.82, 2.24) is 0 Å². The average Bonchev–Trinajstić information content (AvgIpc) is 2.24. The van der Waals surface area contributed by atoms with Crippen molar-refractivity contribution in [2.75, 3.05) is 6.61 Å². The molecule has 0 heterocycles. The predicted molar refractivity (Wildman–Crippen MR) is 55.9 cm³/mol. The Hall–Kier alpha value is -1.88. The van der Waals surface area contributed by atoms with Crippen molar-refractivity contribution in [2.45, 2.75) is 11.3 Å². The van der Waals surface area contributed by atoms with Crippen molar-refractivity contribution in [3.8, 4) is 5.75 Å². The summed E-state index contributed by atoms with van der Waals surface area (Å²) in [5.74, 6) is -2.55. The Morgan fingerprint density at radius 2 is 2.00 bits per heavy atom. The molecule has 0 saturated carbocycles. The number of hydrogen-bond acceptors (Lipinski definition) is 5. The maximum atomic E-state index is 13.5. The zero-order valence-electron chi connectivity index (χ0n) is 9.05. The molecule has 1 rings (SSSR count). The number of sulfonamides is 1. The molecule has 0 unspecified atom stereocenters. The van der Waals surface area contributed by atoms with Crippen LogP contribution in [-0.4, -0.2) is 26.4 Å². The second-order valence-corrected chi connectivity index (χ2v) is 4.79. The molecule has 11 heteroatoms. The highest BCUT2D eigenvalue weighted by Crippen LogP contribution is 2.31. The van der Waals surface area contributed by atoms with Crippen LogP contribution in [0.3, 0.4) is 0 Å². The molecule has 0 radical (unpaired) electrons. The number of hydrogen-bond donors (Lipinski definition) is 1. The van der Waals surface area contributed by atoms with E-state index in [1.807, 2.05) is 0 Å². The molecule has 0 aliphatic carbocycles. The largest absolute Gasteiger partial charge is 0.483 e. The molecule has 0 spiro atoms. The number of primary sulfonamides is 1. The Kier molecular flexibility index (Phi) is 4.32. The molecule has 0 aliphatic heterocycles. The summed E-state index contributed by atoms with van der Waals surface area (Å²) in [5.41, 5.74) is -0.897. The van der Waals surface area contributed by atoms with Crippen LogP contribution in [0.25, 0.3) is 0 Å². The van der Waals surface area contributed by atoms with E-state index in [2.05, 4.69) is 4.74 Å². The number of nitro benzene ring substituents is 1. The molecule has 0 aliphatic rings. The smallest absolute Gasteiger partial charge is 0.274 e. The summed E-state index contributed by atoms with van der Waals surface area (Å²) in [6.07, 6.45) is -2.98. The van der Waals surface area contributed by atoms with Gasteiger partial charge in [-0.15, -0.1) is 0 Å². The third kappa shape index (κ3) is 3.79. The zero-order valence-corrected chi connectivity index (χ0v) is 9.86. The van der Waals surface area contributed by atoms with Gasteiger partial charge in [0.15, 0.2) is 11.6 Å². The summed E-state index contributed by atoms with van der Waals surface area (Å²) < 4.78 is 63.9. The molecule has 0 amide bonds. The molecule has 106 valence electrons. The van der Waals surface area contributed by atoms with E-state index < -0.39 is 50.1 Å². The quantitative estimate of drug-likeness (QED) is 0.644. The molecule has 0 atom stereocenters. The van der Waals surface area contributed by atoms with Crippen LogP contribution < -0.4 is 9.88 Å². The minimum atomic E-state index is -4.57. The fourth-order valence-electron chi connectivity index (χ4n) is 1.16. The number of ether oxygens (including phenoxy) is 1. The molecule has 0 fully saturated rings.